The van der Waals surface area contributed by atoms with Gasteiger partial charge in [-0.05, 0) is 80.3 Å². The van der Waals surface area contributed by atoms with Crippen molar-refractivity contribution in [2.45, 2.75) is 38.8 Å². The minimum absolute atomic E-state index is 1.14. The Kier molecular flexibility index (Phi) is 4.62. The molecule has 0 atom stereocenters. The highest BCUT2D eigenvalue weighted by molar-refractivity contribution is 7.14. The van der Waals surface area contributed by atoms with Crippen LogP contribution in [0.15, 0.2) is 22.9 Å². The lowest BCUT2D eigenvalue weighted by atomic mass is 10.2. The number of likely N-dealkylation sites (tertiary alicyclic amines) is 2. The second-order valence-corrected chi connectivity index (χ2v) is 8.49. The minimum atomic E-state index is 1.14. The van der Waals surface area contributed by atoms with Gasteiger partial charge >= 0.3 is 0 Å². The van der Waals surface area contributed by atoms with E-state index < -0.39 is 0 Å². The lowest BCUT2D eigenvalue weighted by Gasteiger charge is -2.12. The van der Waals surface area contributed by atoms with E-state index in [0.29, 0.717) is 0 Å². The maximum Gasteiger partial charge on any atom is 0.0354 e. The molecule has 2 aromatic heterocycles. The summed E-state index contributed by atoms with van der Waals surface area (Å²) in [6.07, 6.45) is 5.51. The number of nitrogens with zero attached hydrogens (tertiary/aromatic N) is 2. The lowest BCUT2D eigenvalue weighted by Crippen LogP contribution is -2.17. The predicted molar refractivity (Wildman–Crippen MR) is 96.7 cm³/mol. The molecule has 0 radical (unpaired) electrons. The highest BCUT2D eigenvalue weighted by Gasteiger charge is 2.15. The molecule has 4 heteroatoms. The number of rotatable bonds is 5. The first-order valence-electron chi connectivity index (χ1n) is 8.47. The van der Waals surface area contributed by atoms with Crippen molar-refractivity contribution >= 4 is 22.7 Å². The van der Waals surface area contributed by atoms with Crippen LogP contribution < -0.4 is 0 Å². The molecule has 118 valence electrons. The van der Waals surface area contributed by atoms with E-state index in [0.717, 1.165) is 13.1 Å². The first-order valence-corrected chi connectivity index (χ1v) is 10.2. The molecule has 2 aliphatic heterocycles. The van der Waals surface area contributed by atoms with Crippen LogP contribution in [0.3, 0.4) is 0 Å². The Morgan fingerprint density at radius 3 is 2.18 bits per heavy atom. The molecule has 0 aliphatic carbocycles. The number of hydrogen-bond acceptors (Lipinski definition) is 4. The highest BCUT2D eigenvalue weighted by atomic mass is 32.1. The standard InChI is InChI=1S/C18H24N2S2/c1-2-6-19(5-1)11-15-9-18(22-13-15)16-10-17(21-14-16)12-20-7-3-4-8-20/h9-10,13-14H,1-8,11-12H2. The Labute approximate surface area is 141 Å². The van der Waals surface area contributed by atoms with Crippen LogP contribution in [0.25, 0.3) is 10.4 Å². The fourth-order valence-corrected chi connectivity index (χ4v) is 5.46. The van der Waals surface area contributed by atoms with E-state index >= 15 is 0 Å². The van der Waals surface area contributed by atoms with Gasteiger partial charge in [-0.1, -0.05) is 0 Å². The van der Waals surface area contributed by atoms with Crippen LogP contribution in [0.2, 0.25) is 0 Å². The summed E-state index contributed by atoms with van der Waals surface area (Å²) in [7, 11) is 0. The summed E-state index contributed by atoms with van der Waals surface area (Å²) in [5.41, 5.74) is 2.92. The smallest absolute Gasteiger partial charge is 0.0354 e. The minimum Gasteiger partial charge on any atom is -0.299 e. The van der Waals surface area contributed by atoms with E-state index in [-0.39, 0.29) is 0 Å². The zero-order valence-electron chi connectivity index (χ0n) is 13.1. The zero-order valence-corrected chi connectivity index (χ0v) is 14.7. The molecule has 4 heterocycles. The van der Waals surface area contributed by atoms with Crippen LogP contribution in [-0.4, -0.2) is 36.0 Å². The Hall–Kier alpha value is -0.680. The van der Waals surface area contributed by atoms with Gasteiger partial charge in [-0.15, -0.1) is 22.7 Å². The molecule has 4 rings (SSSR count). The van der Waals surface area contributed by atoms with E-state index in [2.05, 4.69) is 32.7 Å². The molecule has 0 unspecified atom stereocenters. The van der Waals surface area contributed by atoms with E-state index in [1.165, 1.54) is 72.7 Å². The molecule has 2 aromatic rings. The molecule has 2 fully saturated rings. The molecule has 0 saturated carbocycles. The van der Waals surface area contributed by atoms with Crippen LogP contribution in [0.1, 0.15) is 36.1 Å². The summed E-state index contributed by atoms with van der Waals surface area (Å²) < 4.78 is 0. The molecule has 2 saturated heterocycles. The van der Waals surface area contributed by atoms with Gasteiger partial charge < -0.3 is 0 Å². The third kappa shape index (κ3) is 3.46. The first-order chi connectivity index (χ1) is 10.9. The lowest BCUT2D eigenvalue weighted by molar-refractivity contribution is 0.332. The van der Waals surface area contributed by atoms with Crippen molar-refractivity contribution in [2.24, 2.45) is 0 Å². The Bertz CT molecular complexity index is 550. The summed E-state index contributed by atoms with van der Waals surface area (Å²) in [6, 6.07) is 4.82. The van der Waals surface area contributed by atoms with Gasteiger partial charge in [-0.2, -0.15) is 0 Å². The Balaban J connectivity index is 1.41. The van der Waals surface area contributed by atoms with Crippen LogP contribution in [0, 0.1) is 0 Å². The SMILES string of the molecule is c1sc(-c2csc(CN3CCCC3)c2)cc1CN1CCCC1. The van der Waals surface area contributed by atoms with E-state index in [4.69, 9.17) is 0 Å². The quantitative estimate of drug-likeness (QED) is 0.785. The molecular formula is C18H24N2S2. The van der Waals surface area contributed by atoms with Gasteiger partial charge in [0.25, 0.3) is 0 Å². The first kappa shape index (κ1) is 14.9. The Morgan fingerprint density at radius 1 is 0.773 bits per heavy atom. The normalized spacial score (nSPS) is 20.2. The van der Waals surface area contributed by atoms with E-state index in [1.807, 2.05) is 22.7 Å². The van der Waals surface area contributed by atoms with Gasteiger partial charge in [-0.25, -0.2) is 0 Å². The molecule has 0 bridgehead atoms. The second-order valence-electron chi connectivity index (χ2n) is 6.59. The summed E-state index contributed by atoms with van der Waals surface area (Å²) in [4.78, 5) is 8.13. The monoisotopic (exact) mass is 332 g/mol. The maximum atomic E-state index is 2.59. The second kappa shape index (κ2) is 6.83. The summed E-state index contributed by atoms with van der Waals surface area (Å²) in [6.45, 7) is 7.42. The van der Waals surface area contributed by atoms with Crippen LogP contribution in [0.5, 0.6) is 0 Å². The Morgan fingerprint density at radius 2 is 1.45 bits per heavy atom. The number of hydrogen-bond donors (Lipinski definition) is 0. The molecule has 2 nitrogen and oxygen atoms in total. The van der Waals surface area contributed by atoms with Gasteiger partial charge in [0, 0.05) is 28.4 Å². The van der Waals surface area contributed by atoms with Crippen LogP contribution in [-0.2, 0) is 13.1 Å². The third-order valence-corrected chi connectivity index (χ3v) is 6.72. The maximum absolute atomic E-state index is 2.59. The fourth-order valence-electron chi connectivity index (χ4n) is 3.56. The molecule has 0 amide bonds. The van der Waals surface area contributed by atoms with Gasteiger partial charge in [-0.3, -0.25) is 9.80 Å². The van der Waals surface area contributed by atoms with Crippen molar-refractivity contribution in [3.05, 3.63) is 33.3 Å². The third-order valence-electron chi connectivity index (χ3n) is 4.78. The van der Waals surface area contributed by atoms with Crippen LogP contribution >= 0.6 is 22.7 Å². The van der Waals surface area contributed by atoms with Gasteiger partial charge in [0.15, 0.2) is 0 Å². The van der Waals surface area contributed by atoms with E-state index in [1.54, 1.807) is 0 Å². The van der Waals surface area contributed by atoms with Crippen molar-refractivity contribution < 1.29 is 0 Å². The van der Waals surface area contributed by atoms with Gasteiger partial charge in [0.2, 0.25) is 0 Å². The topological polar surface area (TPSA) is 6.48 Å². The molecule has 2 aliphatic rings. The molecule has 0 spiro atoms. The van der Waals surface area contributed by atoms with Crippen molar-refractivity contribution in [1.82, 2.24) is 9.80 Å². The molecular weight excluding hydrogens is 308 g/mol. The molecule has 0 aromatic carbocycles. The predicted octanol–water partition coefficient (Wildman–Crippen LogP) is 4.67. The molecule has 0 N–H and O–H groups in total. The summed E-state index contributed by atoms with van der Waals surface area (Å²) in [5, 5.41) is 4.70. The summed E-state index contributed by atoms with van der Waals surface area (Å²) in [5.74, 6) is 0. The highest BCUT2D eigenvalue weighted by Crippen LogP contribution is 2.32. The van der Waals surface area contributed by atoms with Gasteiger partial charge in [0.1, 0.15) is 0 Å². The van der Waals surface area contributed by atoms with Gasteiger partial charge in [0.05, 0.1) is 0 Å². The zero-order chi connectivity index (χ0) is 14.8. The average molecular weight is 333 g/mol. The van der Waals surface area contributed by atoms with Crippen molar-refractivity contribution in [1.29, 1.82) is 0 Å². The van der Waals surface area contributed by atoms with Crippen molar-refractivity contribution in [3.8, 4) is 10.4 Å². The van der Waals surface area contributed by atoms with Crippen molar-refractivity contribution in [2.75, 3.05) is 26.2 Å². The average Bonchev–Trinajstić information content (AvgIpc) is 3.27. The van der Waals surface area contributed by atoms with Crippen LogP contribution in [0.4, 0.5) is 0 Å². The fraction of sp³-hybridized carbons (Fsp3) is 0.556. The molecule has 22 heavy (non-hydrogen) atoms. The van der Waals surface area contributed by atoms with E-state index in [9.17, 15) is 0 Å². The number of thiophene rings is 2. The summed E-state index contributed by atoms with van der Waals surface area (Å²) >= 11 is 3.84. The van der Waals surface area contributed by atoms with Crippen molar-refractivity contribution in [3.63, 3.8) is 0 Å². The largest absolute Gasteiger partial charge is 0.299 e.